The Balaban J connectivity index is 1.32. The molecule has 0 bridgehead atoms. The number of amides is 1. The van der Waals surface area contributed by atoms with Crippen LogP contribution >= 0.6 is 0 Å². The summed E-state index contributed by atoms with van der Waals surface area (Å²) in [6.45, 7) is 6.60. The number of nitrogens with zero attached hydrogens (tertiary/aromatic N) is 5. The fourth-order valence-electron chi connectivity index (χ4n) is 4.61. The number of aliphatic hydroxyl groups is 1. The number of hydrogen-bond acceptors (Lipinski definition) is 5. The van der Waals surface area contributed by atoms with E-state index in [2.05, 4.69) is 34.3 Å². The molecule has 0 spiro atoms. The maximum absolute atomic E-state index is 12.9. The normalized spacial score (nSPS) is 21.4. The standard InChI is InChI=1S/C22H31N5O2/c1-17-5-2-3-7-19(17)14-27-15-21(23-24-27)22(29)25-11-8-20(9-12-25)26-10-4-6-18(13-26)16-28/h2-3,5,7,15,18,20,28H,4,6,8-14,16H2,1H3/t18-/m0/s1. The monoisotopic (exact) mass is 397 g/mol. The smallest absolute Gasteiger partial charge is 0.276 e. The highest BCUT2D eigenvalue weighted by Crippen LogP contribution is 2.24. The number of hydrogen-bond donors (Lipinski definition) is 1. The number of benzene rings is 1. The van der Waals surface area contributed by atoms with Crippen LogP contribution in [0.1, 0.15) is 47.3 Å². The van der Waals surface area contributed by atoms with Crippen LogP contribution in [0.4, 0.5) is 0 Å². The summed E-state index contributed by atoms with van der Waals surface area (Å²) in [4.78, 5) is 17.3. The molecule has 1 atom stereocenters. The summed E-state index contributed by atoms with van der Waals surface area (Å²) in [6.07, 6.45) is 6.02. The van der Waals surface area contributed by atoms with Crippen LogP contribution in [0.5, 0.6) is 0 Å². The van der Waals surface area contributed by atoms with Crippen molar-refractivity contribution in [3.05, 3.63) is 47.3 Å². The lowest BCUT2D eigenvalue weighted by atomic mass is 9.94. The first-order chi connectivity index (χ1) is 14.1. The Hall–Kier alpha value is -2.25. The van der Waals surface area contributed by atoms with Gasteiger partial charge >= 0.3 is 0 Å². The van der Waals surface area contributed by atoms with Crippen LogP contribution in [0.15, 0.2) is 30.5 Å². The molecule has 3 heterocycles. The minimum atomic E-state index is -0.0219. The summed E-state index contributed by atoms with van der Waals surface area (Å²) in [5, 5.41) is 17.8. The van der Waals surface area contributed by atoms with E-state index in [0.29, 0.717) is 24.2 Å². The Kier molecular flexibility index (Phi) is 6.25. The third kappa shape index (κ3) is 4.67. The van der Waals surface area contributed by atoms with Gasteiger partial charge in [-0.3, -0.25) is 9.69 Å². The van der Waals surface area contributed by atoms with E-state index in [1.165, 1.54) is 11.1 Å². The predicted molar refractivity (Wildman–Crippen MR) is 111 cm³/mol. The molecule has 156 valence electrons. The molecule has 2 fully saturated rings. The molecule has 2 aliphatic rings. The number of rotatable bonds is 5. The minimum Gasteiger partial charge on any atom is -0.396 e. The second-order valence-corrected chi connectivity index (χ2v) is 8.44. The Morgan fingerprint density at radius 2 is 1.97 bits per heavy atom. The molecule has 1 aromatic carbocycles. The lowest BCUT2D eigenvalue weighted by Gasteiger charge is -2.42. The average molecular weight is 398 g/mol. The van der Waals surface area contributed by atoms with Gasteiger partial charge in [-0.2, -0.15) is 0 Å². The van der Waals surface area contributed by atoms with E-state index < -0.39 is 0 Å². The second-order valence-electron chi connectivity index (χ2n) is 8.44. The topological polar surface area (TPSA) is 74.5 Å². The first-order valence-electron chi connectivity index (χ1n) is 10.7. The van der Waals surface area contributed by atoms with Crippen LogP contribution in [-0.4, -0.2) is 74.6 Å². The molecule has 1 N–H and O–H groups in total. The van der Waals surface area contributed by atoms with E-state index >= 15 is 0 Å². The van der Waals surface area contributed by atoms with Crippen LogP contribution in [0.3, 0.4) is 0 Å². The Labute approximate surface area is 172 Å². The summed E-state index contributed by atoms with van der Waals surface area (Å²) in [5.41, 5.74) is 2.81. The molecular weight excluding hydrogens is 366 g/mol. The van der Waals surface area contributed by atoms with E-state index in [1.807, 2.05) is 17.0 Å². The van der Waals surface area contributed by atoms with E-state index in [9.17, 15) is 9.90 Å². The lowest BCUT2D eigenvalue weighted by Crippen LogP contribution is -2.50. The Morgan fingerprint density at radius 3 is 2.72 bits per heavy atom. The van der Waals surface area contributed by atoms with Gasteiger partial charge in [0.15, 0.2) is 5.69 Å². The molecule has 2 aliphatic heterocycles. The molecule has 7 nitrogen and oxygen atoms in total. The van der Waals surface area contributed by atoms with Gasteiger partial charge in [0.25, 0.3) is 5.91 Å². The minimum absolute atomic E-state index is 0.0219. The van der Waals surface area contributed by atoms with Crippen LogP contribution in [0.2, 0.25) is 0 Å². The highest BCUT2D eigenvalue weighted by molar-refractivity contribution is 5.92. The number of likely N-dealkylation sites (tertiary alicyclic amines) is 2. The number of aryl methyl sites for hydroxylation is 1. The van der Waals surface area contributed by atoms with Gasteiger partial charge in [0.1, 0.15) is 0 Å². The van der Waals surface area contributed by atoms with Crippen LogP contribution < -0.4 is 0 Å². The molecule has 29 heavy (non-hydrogen) atoms. The number of carbonyl (C=O) groups is 1. The van der Waals surface area contributed by atoms with Crippen molar-refractivity contribution in [3.63, 3.8) is 0 Å². The molecule has 4 rings (SSSR count). The molecule has 2 aromatic rings. The van der Waals surface area contributed by atoms with Crippen LogP contribution in [0.25, 0.3) is 0 Å². The van der Waals surface area contributed by atoms with Gasteiger partial charge in [0, 0.05) is 32.3 Å². The molecule has 0 radical (unpaired) electrons. The third-order valence-corrected chi connectivity index (χ3v) is 6.43. The van der Waals surface area contributed by atoms with Gasteiger partial charge in [-0.1, -0.05) is 29.5 Å². The summed E-state index contributed by atoms with van der Waals surface area (Å²) in [6, 6.07) is 8.71. The number of aliphatic hydroxyl groups excluding tert-OH is 1. The van der Waals surface area contributed by atoms with Gasteiger partial charge in [-0.25, -0.2) is 4.68 Å². The van der Waals surface area contributed by atoms with E-state index in [1.54, 1.807) is 10.9 Å². The fourth-order valence-corrected chi connectivity index (χ4v) is 4.61. The van der Waals surface area contributed by atoms with Gasteiger partial charge in [-0.15, -0.1) is 5.10 Å². The van der Waals surface area contributed by atoms with Crippen molar-refractivity contribution >= 4 is 5.91 Å². The predicted octanol–water partition coefficient (Wildman–Crippen LogP) is 1.94. The number of carbonyl (C=O) groups excluding carboxylic acids is 1. The van der Waals surface area contributed by atoms with Crippen LogP contribution in [0, 0.1) is 12.8 Å². The van der Waals surface area contributed by atoms with Gasteiger partial charge in [0.2, 0.25) is 0 Å². The fraction of sp³-hybridized carbons (Fsp3) is 0.591. The molecule has 1 aromatic heterocycles. The summed E-state index contributed by atoms with van der Waals surface area (Å²) in [7, 11) is 0. The average Bonchev–Trinajstić information content (AvgIpc) is 3.23. The zero-order valence-electron chi connectivity index (χ0n) is 17.2. The second kappa shape index (κ2) is 9.05. The van der Waals surface area contributed by atoms with E-state index in [4.69, 9.17) is 0 Å². The summed E-state index contributed by atoms with van der Waals surface area (Å²) in [5.74, 6) is 0.387. The van der Waals surface area contributed by atoms with E-state index in [-0.39, 0.29) is 12.5 Å². The summed E-state index contributed by atoms with van der Waals surface area (Å²) >= 11 is 0. The lowest BCUT2D eigenvalue weighted by molar-refractivity contribution is 0.0452. The molecule has 0 unspecified atom stereocenters. The van der Waals surface area contributed by atoms with E-state index in [0.717, 1.165) is 51.9 Å². The highest BCUT2D eigenvalue weighted by Gasteiger charge is 2.31. The van der Waals surface area contributed by atoms with Crippen molar-refractivity contribution in [2.45, 2.75) is 45.2 Å². The van der Waals surface area contributed by atoms with Crippen molar-refractivity contribution < 1.29 is 9.90 Å². The van der Waals surface area contributed by atoms with Gasteiger partial charge < -0.3 is 10.0 Å². The first kappa shape index (κ1) is 20.0. The number of aromatic nitrogens is 3. The van der Waals surface area contributed by atoms with Crippen molar-refractivity contribution in [3.8, 4) is 0 Å². The van der Waals surface area contributed by atoms with Crippen molar-refractivity contribution in [1.82, 2.24) is 24.8 Å². The quantitative estimate of drug-likeness (QED) is 0.835. The molecular formula is C22H31N5O2. The highest BCUT2D eigenvalue weighted by atomic mass is 16.3. The first-order valence-corrected chi connectivity index (χ1v) is 10.7. The molecule has 7 heteroatoms. The van der Waals surface area contributed by atoms with Crippen LogP contribution in [-0.2, 0) is 6.54 Å². The maximum Gasteiger partial charge on any atom is 0.276 e. The number of piperidine rings is 2. The molecule has 2 saturated heterocycles. The zero-order chi connectivity index (χ0) is 20.2. The zero-order valence-corrected chi connectivity index (χ0v) is 17.2. The van der Waals surface area contributed by atoms with Gasteiger partial charge in [0.05, 0.1) is 12.7 Å². The van der Waals surface area contributed by atoms with Gasteiger partial charge in [-0.05, 0) is 56.2 Å². The van der Waals surface area contributed by atoms with Crippen molar-refractivity contribution in [1.29, 1.82) is 0 Å². The van der Waals surface area contributed by atoms with Crippen molar-refractivity contribution in [2.75, 3.05) is 32.8 Å². The molecule has 1 amide bonds. The summed E-state index contributed by atoms with van der Waals surface area (Å²) < 4.78 is 1.74. The SMILES string of the molecule is Cc1ccccc1Cn1cc(C(=O)N2CCC(N3CCC[C@H](CO)C3)CC2)nn1. The van der Waals surface area contributed by atoms with Crippen molar-refractivity contribution in [2.24, 2.45) is 5.92 Å². The Bertz CT molecular complexity index is 828. The third-order valence-electron chi connectivity index (χ3n) is 6.43. The maximum atomic E-state index is 12.9. The molecule has 0 aliphatic carbocycles. The Morgan fingerprint density at radius 1 is 1.17 bits per heavy atom. The largest absolute Gasteiger partial charge is 0.396 e. The molecule has 0 saturated carbocycles.